The zero-order valence-electron chi connectivity index (χ0n) is 9.14. The summed E-state index contributed by atoms with van der Waals surface area (Å²) in [6.07, 6.45) is -0.696. The molecule has 0 aromatic heterocycles. The van der Waals surface area contributed by atoms with Crippen LogP contribution in [0.4, 0.5) is 10.1 Å². The molecular weight excluding hydrogens is 245 g/mol. The molecule has 0 heterocycles. The van der Waals surface area contributed by atoms with Gasteiger partial charge in [-0.15, -0.1) is 0 Å². The maximum absolute atomic E-state index is 13.3. The Labute approximate surface area is 101 Å². The fraction of sp³-hybridized carbons (Fsp3) is 0.182. The van der Waals surface area contributed by atoms with E-state index >= 15 is 0 Å². The molecule has 0 aliphatic rings. The van der Waals surface area contributed by atoms with Gasteiger partial charge in [-0.3, -0.25) is 9.59 Å². The molecule has 1 aromatic carbocycles. The van der Waals surface area contributed by atoms with Gasteiger partial charge in [0.25, 0.3) is 0 Å². The molecule has 7 heteroatoms. The van der Waals surface area contributed by atoms with E-state index in [2.05, 4.69) is 5.32 Å². The van der Waals surface area contributed by atoms with Crippen LogP contribution in [0.5, 0.6) is 0 Å². The Bertz CT molecular complexity index is 500. The second-order valence-corrected chi connectivity index (χ2v) is 3.44. The van der Waals surface area contributed by atoms with Crippen molar-refractivity contribution in [2.45, 2.75) is 12.8 Å². The van der Waals surface area contributed by atoms with Gasteiger partial charge in [-0.1, -0.05) is 0 Å². The minimum atomic E-state index is -1.25. The second-order valence-electron chi connectivity index (χ2n) is 3.44. The standard InChI is InChI=1S/C11H10FNO5/c12-7-2-1-6(11(17)18)5-8(7)13-9(14)3-4-10(15)16/h1-2,5H,3-4H2,(H,13,14)(H,15,16)(H,17,18). The number of nitrogens with one attached hydrogen (secondary N) is 1. The van der Waals surface area contributed by atoms with Gasteiger partial charge in [0.1, 0.15) is 5.82 Å². The van der Waals surface area contributed by atoms with Gasteiger partial charge in [0.05, 0.1) is 17.7 Å². The first-order chi connectivity index (χ1) is 8.40. The van der Waals surface area contributed by atoms with Crippen molar-refractivity contribution in [1.29, 1.82) is 0 Å². The van der Waals surface area contributed by atoms with Crippen molar-refractivity contribution < 1.29 is 29.0 Å². The normalized spacial score (nSPS) is 9.83. The summed E-state index contributed by atoms with van der Waals surface area (Å²) in [5.41, 5.74) is -0.463. The Kier molecular flexibility index (Phi) is 4.36. The summed E-state index contributed by atoms with van der Waals surface area (Å²) >= 11 is 0. The molecule has 96 valence electrons. The lowest BCUT2D eigenvalue weighted by molar-refractivity contribution is -0.138. The number of anilines is 1. The molecule has 1 aromatic rings. The number of aliphatic carboxylic acids is 1. The molecule has 0 bridgehead atoms. The van der Waals surface area contributed by atoms with Crippen LogP contribution in [0.1, 0.15) is 23.2 Å². The molecule has 0 radical (unpaired) electrons. The monoisotopic (exact) mass is 255 g/mol. The first-order valence-electron chi connectivity index (χ1n) is 4.94. The van der Waals surface area contributed by atoms with Gasteiger partial charge < -0.3 is 15.5 Å². The molecular formula is C11H10FNO5. The van der Waals surface area contributed by atoms with Crippen molar-refractivity contribution in [2.75, 3.05) is 5.32 Å². The van der Waals surface area contributed by atoms with Crippen LogP contribution in [-0.2, 0) is 9.59 Å². The van der Waals surface area contributed by atoms with E-state index in [1.54, 1.807) is 0 Å². The van der Waals surface area contributed by atoms with Crippen LogP contribution in [0.2, 0.25) is 0 Å². The largest absolute Gasteiger partial charge is 0.481 e. The van der Waals surface area contributed by atoms with Crippen LogP contribution in [-0.4, -0.2) is 28.1 Å². The average Bonchev–Trinajstić information content (AvgIpc) is 2.29. The molecule has 6 nitrogen and oxygen atoms in total. The fourth-order valence-corrected chi connectivity index (χ4v) is 1.19. The molecule has 3 N–H and O–H groups in total. The summed E-state index contributed by atoms with van der Waals surface area (Å²) in [5, 5.41) is 19.2. The number of hydrogen-bond donors (Lipinski definition) is 3. The number of carboxylic acids is 2. The maximum atomic E-state index is 13.3. The number of benzene rings is 1. The Balaban J connectivity index is 2.77. The van der Waals surface area contributed by atoms with Crippen molar-refractivity contribution >= 4 is 23.5 Å². The van der Waals surface area contributed by atoms with E-state index in [1.807, 2.05) is 0 Å². The number of halogens is 1. The first-order valence-corrected chi connectivity index (χ1v) is 4.94. The van der Waals surface area contributed by atoms with Crippen molar-refractivity contribution in [3.63, 3.8) is 0 Å². The van der Waals surface area contributed by atoms with Gasteiger partial charge in [-0.25, -0.2) is 9.18 Å². The third-order valence-corrected chi connectivity index (χ3v) is 2.05. The summed E-state index contributed by atoms with van der Waals surface area (Å²) in [6, 6.07) is 2.94. The molecule has 0 aliphatic heterocycles. The summed E-state index contributed by atoms with van der Waals surface area (Å²) < 4.78 is 13.3. The van der Waals surface area contributed by atoms with Gasteiger partial charge >= 0.3 is 11.9 Å². The Morgan fingerprint density at radius 2 is 1.83 bits per heavy atom. The van der Waals surface area contributed by atoms with Crippen molar-refractivity contribution in [3.05, 3.63) is 29.6 Å². The molecule has 0 saturated carbocycles. The van der Waals surface area contributed by atoms with Gasteiger partial charge in [0.15, 0.2) is 0 Å². The van der Waals surface area contributed by atoms with Crippen molar-refractivity contribution in [2.24, 2.45) is 0 Å². The summed E-state index contributed by atoms with van der Waals surface area (Å²) in [4.78, 5) is 32.1. The number of carboxylic acid groups (broad SMARTS) is 2. The summed E-state index contributed by atoms with van der Waals surface area (Å²) in [5.74, 6) is -3.89. The van der Waals surface area contributed by atoms with Gasteiger partial charge in [-0.2, -0.15) is 0 Å². The number of hydrogen-bond acceptors (Lipinski definition) is 3. The molecule has 0 fully saturated rings. The fourth-order valence-electron chi connectivity index (χ4n) is 1.19. The van der Waals surface area contributed by atoms with E-state index in [1.165, 1.54) is 0 Å². The smallest absolute Gasteiger partial charge is 0.335 e. The highest BCUT2D eigenvalue weighted by Crippen LogP contribution is 2.16. The maximum Gasteiger partial charge on any atom is 0.335 e. The van der Waals surface area contributed by atoms with Crippen LogP contribution in [0.3, 0.4) is 0 Å². The Morgan fingerprint density at radius 1 is 1.17 bits per heavy atom. The minimum absolute atomic E-state index is 0.176. The number of amides is 1. The molecule has 0 unspecified atom stereocenters. The molecule has 1 amide bonds. The van der Waals surface area contributed by atoms with Gasteiger partial charge in [0.2, 0.25) is 5.91 Å². The SMILES string of the molecule is O=C(O)CCC(=O)Nc1cc(C(=O)O)ccc1F. The number of aromatic carboxylic acids is 1. The van der Waals surface area contributed by atoms with Gasteiger partial charge in [-0.05, 0) is 18.2 Å². The zero-order valence-corrected chi connectivity index (χ0v) is 9.14. The van der Waals surface area contributed by atoms with Crippen LogP contribution < -0.4 is 5.32 Å². The number of carbonyl (C=O) groups is 3. The predicted octanol–water partition coefficient (Wildman–Crippen LogP) is 1.33. The van der Waals surface area contributed by atoms with E-state index in [0.29, 0.717) is 0 Å². The zero-order chi connectivity index (χ0) is 13.7. The van der Waals surface area contributed by atoms with Crippen LogP contribution in [0.25, 0.3) is 0 Å². The van der Waals surface area contributed by atoms with E-state index in [-0.39, 0.29) is 24.1 Å². The summed E-state index contributed by atoms with van der Waals surface area (Å²) in [6.45, 7) is 0. The molecule has 0 aliphatic carbocycles. The highest BCUT2D eigenvalue weighted by Gasteiger charge is 2.11. The third kappa shape index (κ3) is 3.85. The molecule has 0 spiro atoms. The van der Waals surface area contributed by atoms with Crippen LogP contribution in [0.15, 0.2) is 18.2 Å². The highest BCUT2D eigenvalue weighted by atomic mass is 19.1. The number of rotatable bonds is 5. The van der Waals surface area contributed by atoms with Gasteiger partial charge in [0, 0.05) is 6.42 Å². The van der Waals surface area contributed by atoms with Crippen LogP contribution in [0, 0.1) is 5.82 Å². The lowest BCUT2D eigenvalue weighted by Crippen LogP contribution is -2.14. The van der Waals surface area contributed by atoms with E-state index in [0.717, 1.165) is 18.2 Å². The second kappa shape index (κ2) is 5.76. The van der Waals surface area contributed by atoms with Crippen molar-refractivity contribution in [1.82, 2.24) is 0 Å². The predicted molar refractivity (Wildman–Crippen MR) is 58.9 cm³/mol. The summed E-state index contributed by atoms with van der Waals surface area (Å²) in [7, 11) is 0. The quantitative estimate of drug-likeness (QED) is 0.736. The molecule has 0 saturated heterocycles. The first kappa shape index (κ1) is 13.6. The molecule has 18 heavy (non-hydrogen) atoms. The average molecular weight is 255 g/mol. The van der Waals surface area contributed by atoms with Crippen LogP contribution >= 0.6 is 0 Å². The third-order valence-electron chi connectivity index (χ3n) is 2.05. The molecule has 0 atom stereocenters. The minimum Gasteiger partial charge on any atom is -0.481 e. The Hall–Kier alpha value is -2.44. The van der Waals surface area contributed by atoms with E-state index in [9.17, 15) is 18.8 Å². The van der Waals surface area contributed by atoms with E-state index in [4.69, 9.17) is 10.2 Å². The lowest BCUT2D eigenvalue weighted by Gasteiger charge is -2.06. The lowest BCUT2D eigenvalue weighted by atomic mass is 10.2. The molecule has 1 rings (SSSR count). The topological polar surface area (TPSA) is 104 Å². The van der Waals surface area contributed by atoms with Crippen molar-refractivity contribution in [3.8, 4) is 0 Å². The van der Waals surface area contributed by atoms with E-state index < -0.39 is 23.7 Å². The highest BCUT2D eigenvalue weighted by molar-refractivity contribution is 5.95. The Morgan fingerprint density at radius 3 is 2.39 bits per heavy atom. The number of carbonyl (C=O) groups excluding carboxylic acids is 1.